The summed E-state index contributed by atoms with van der Waals surface area (Å²) in [5, 5.41) is 1.26. The quantitative estimate of drug-likeness (QED) is 0.802. The Hall–Kier alpha value is -1.09. The molecule has 0 N–H and O–H groups in total. The predicted molar refractivity (Wildman–Crippen MR) is 81.8 cm³/mol. The van der Waals surface area contributed by atoms with Gasteiger partial charge in [-0.3, -0.25) is 4.79 Å². The molecule has 100 valence electrons. The number of fused-ring (bicyclic) bond motifs is 3. The molecule has 2 nitrogen and oxygen atoms in total. The zero-order valence-corrected chi connectivity index (χ0v) is 12.8. The standard InChI is InChI=1S/C16H18BrNO/c1-2-3-5-12-13-10-11(17)7-8-14(13)18-9-4-6-15(19)16(12)18/h7-8,10H,2-6,9H2,1H3. The lowest BCUT2D eigenvalue weighted by Gasteiger charge is -2.16. The van der Waals surface area contributed by atoms with Crippen LogP contribution < -0.4 is 0 Å². The summed E-state index contributed by atoms with van der Waals surface area (Å²) in [6.07, 6.45) is 4.99. The smallest absolute Gasteiger partial charge is 0.179 e. The number of aryl methyl sites for hydroxylation is 2. The summed E-state index contributed by atoms with van der Waals surface area (Å²) in [6.45, 7) is 3.17. The van der Waals surface area contributed by atoms with Crippen molar-refractivity contribution in [3.63, 3.8) is 0 Å². The zero-order chi connectivity index (χ0) is 13.4. The number of carbonyl (C=O) groups is 1. The first kappa shape index (κ1) is 12.9. The van der Waals surface area contributed by atoms with E-state index in [1.807, 2.05) is 0 Å². The van der Waals surface area contributed by atoms with Gasteiger partial charge in [-0.25, -0.2) is 0 Å². The molecule has 0 amide bonds. The molecule has 0 atom stereocenters. The van der Waals surface area contributed by atoms with Crippen LogP contribution in [0, 0.1) is 0 Å². The van der Waals surface area contributed by atoms with Gasteiger partial charge < -0.3 is 4.57 Å². The molecule has 0 saturated carbocycles. The molecule has 0 unspecified atom stereocenters. The molecule has 0 bridgehead atoms. The molecule has 2 aromatic rings. The molecule has 2 heterocycles. The lowest BCUT2D eigenvalue weighted by molar-refractivity contribution is 0.0955. The van der Waals surface area contributed by atoms with Gasteiger partial charge in [-0.05, 0) is 43.0 Å². The molecule has 0 saturated heterocycles. The second-order valence-corrected chi connectivity index (χ2v) is 6.19. The molecule has 3 rings (SSSR count). The van der Waals surface area contributed by atoms with E-state index in [4.69, 9.17) is 0 Å². The highest BCUT2D eigenvalue weighted by Gasteiger charge is 2.25. The summed E-state index contributed by atoms with van der Waals surface area (Å²) >= 11 is 3.55. The van der Waals surface area contributed by atoms with Gasteiger partial charge in [0.2, 0.25) is 0 Å². The topological polar surface area (TPSA) is 22.0 Å². The van der Waals surface area contributed by atoms with Crippen LogP contribution in [0.15, 0.2) is 22.7 Å². The molecule has 1 aliphatic rings. The van der Waals surface area contributed by atoms with Gasteiger partial charge in [0.1, 0.15) is 0 Å². The second-order valence-electron chi connectivity index (χ2n) is 5.27. The van der Waals surface area contributed by atoms with Crippen molar-refractivity contribution in [2.75, 3.05) is 0 Å². The van der Waals surface area contributed by atoms with E-state index in [0.29, 0.717) is 12.2 Å². The number of nitrogens with zero attached hydrogens (tertiary/aromatic N) is 1. The first-order valence-corrected chi connectivity index (χ1v) is 7.85. The highest BCUT2D eigenvalue weighted by Crippen LogP contribution is 2.33. The maximum atomic E-state index is 12.3. The summed E-state index contributed by atoms with van der Waals surface area (Å²) in [6, 6.07) is 6.37. The van der Waals surface area contributed by atoms with Gasteiger partial charge in [0.15, 0.2) is 5.78 Å². The Morgan fingerprint density at radius 1 is 1.37 bits per heavy atom. The van der Waals surface area contributed by atoms with Gasteiger partial charge in [-0.2, -0.15) is 0 Å². The summed E-state index contributed by atoms with van der Waals surface area (Å²) in [4.78, 5) is 12.3. The molecule has 0 fully saturated rings. The average Bonchev–Trinajstić information content (AvgIpc) is 2.71. The van der Waals surface area contributed by atoms with Crippen molar-refractivity contribution in [1.29, 1.82) is 0 Å². The van der Waals surface area contributed by atoms with Crippen LogP contribution in [0.2, 0.25) is 0 Å². The molecule has 0 radical (unpaired) electrons. The van der Waals surface area contributed by atoms with Crippen molar-refractivity contribution in [3.05, 3.63) is 33.9 Å². The number of rotatable bonds is 3. The Labute approximate surface area is 121 Å². The van der Waals surface area contributed by atoms with Crippen LogP contribution in [-0.2, 0) is 13.0 Å². The van der Waals surface area contributed by atoms with E-state index < -0.39 is 0 Å². The van der Waals surface area contributed by atoms with Crippen molar-refractivity contribution in [2.24, 2.45) is 0 Å². The molecule has 3 heteroatoms. The van der Waals surface area contributed by atoms with Crippen molar-refractivity contribution in [3.8, 4) is 0 Å². The largest absolute Gasteiger partial charge is 0.338 e. The summed E-state index contributed by atoms with van der Waals surface area (Å²) in [7, 11) is 0. The van der Waals surface area contributed by atoms with Gasteiger partial charge in [0.25, 0.3) is 0 Å². The number of carbonyl (C=O) groups excluding carboxylic acids is 1. The minimum Gasteiger partial charge on any atom is -0.338 e. The highest BCUT2D eigenvalue weighted by atomic mass is 79.9. The summed E-state index contributed by atoms with van der Waals surface area (Å²) in [5.41, 5.74) is 3.47. The fourth-order valence-corrected chi connectivity index (χ4v) is 3.43. The van der Waals surface area contributed by atoms with Crippen molar-refractivity contribution in [2.45, 2.75) is 45.6 Å². The number of hydrogen-bond acceptors (Lipinski definition) is 1. The number of unbranched alkanes of at least 4 members (excludes halogenated alkanes) is 1. The van der Waals surface area contributed by atoms with Crippen molar-refractivity contribution >= 4 is 32.6 Å². The Morgan fingerprint density at radius 3 is 3.00 bits per heavy atom. The van der Waals surface area contributed by atoms with Crippen LogP contribution >= 0.6 is 15.9 Å². The van der Waals surface area contributed by atoms with Crippen LogP contribution in [0.3, 0.4) is 0 Å². The molecule has 19 heavy (non-hydrogen) atoms. The second kappa shape index (κ2) is 5.12. The molecular formula is C16H18BrNO. The van der Waals surface area contributed by atoms with Crippen LogP contribution in [-0.4, -0.2) is 10.4 Å². The first-order valence-electron chi connectivity index (χ1n) is 7.06. The third kappa shape index (κ3) is 2.14. The third-order valence-electron chi connectivity index (χ3n) is 3.96. The van der Waals surface area contributed by atoms with E-state index in [1.54, 1.807) is 0 Å². The number of hydrogen-bond donors (Lipinski definition) is 0. The predicted octanol–water partition coefficient (Wildman–Crippen LogP) is 4.72. The number of benzene rings is 1. The number of Topliss-reactive ketones (excluding diaryl/α,β-unsaturated/α-hetero) is 1. The van der Waals surface area contributed by atoms with Crippen molar-refractivity contribution < 1.29 is 4.79 Å². The van der Waals surface area contributed by atoms with E-state index >= 15 is 0 Å². The minimum atomic E-state index is 0.324. The molecule has 1 aromatic carbocycles. The van der Waals surface area contributed by atoms with E-state index in [0.717, 1.165) is 42.4 Å². The van der Waals surface area contributed by atoms with Gasteiger partial charge in [0, 0.05) is 28.3 Å². The molecule has 0 aliphatic carbocycles. The lowest BCUT2D eigenvalue weighted by Crippen LogP contribution is -2.17. The molecule has 1 aliphatic heterocycles. The van der Waals surface area contributed by atoms with E-state index in [1.165, 1.54) is 16.5 Å². The van der Waals surface area contributed by atoms with Crippen LogP contribution in [0.5, 0.6) is 0 Å². The van der Waals surface area contributed by atoms with Gasteiger partial charge >= 0.3 is 0 Å². The summed E-state index contributed by atoms with van der Waals surface area (Å²) in [5.74, 6) is 0.324. The summed E-state index contributed by atoms with van der Waals surface area (Å²) < 4.78 is 3.33. The Kier molecular flexibility index (Phi) is 3.48. The zero-order valence-electron chi connectivity index (χ0n) is 11.2. The lowest BCUT2D eigenvalue weighted by atomic mass is 10.00. The highest BCUT2D eigenvalue weighted by molar-refractivity contribution is 9.10. The molecule has 1 aromatic heterocycles. The maximum absolute atomic E-state index is 12.3. The number of ketones is 1. The third-order valence-corrected chi connectivity index (χ3v) is 4.45. The Morgan fingerprint density at radius 2 is 2.21 bits per heavy atom. The van der Waals surface area contributed by atoms with E-state index in [2.05, 4.69) is 45.6 Å². The fraction of sp³-hybridized carbons (Fsp3) is 0.438. The normalized spacial score (nSPS) is 14.9. The Bertz CT molecular complexity index is 642. The monoisotopic (exact) mass is 319 g/mol. The van der Waals surface area contributed by atoms with Gasteiger partial charge in [-0.15, -0.1) is 0 Å². The van der Waals surface area contributed by atoms with Crippen LogP contribution in [0.1, 0.15) is 48.7 Å². The number of halogens is 1. The maximum Gasteiger partial charge on any atom is 0.179 e. The molecule has 0 spiro atoms. The Balaban J connectivity index is 2.26. The minimum absolute atomic E-state index is 0.324. The number of aromatic nitrogens is 1. The van der Waals surface area contributed by atoms with E-state index in [-0.39, 0.29) is 0 Å². The van der Waals surface area contributed by atoms with Crippen LogP contribution in [0.25, 0.3) is 10.9 Å². The van der Waals surface area contributed by atoms with Gasteiger partial charge in [-0.1, -0.05) is 29.3 Å². The van der Waals surface area contributed by atoms with E-state index in [9.17, 15) is 4.79 Å². The van der Waals surface area contributed by atoms with Crippen LogP contribution in [0.4, 0.5) is 0 Å². The first-order chi connectivity index (χ1) is 9.22. The van der Waals surface area contributed by atoms with Crippen molar-refractivity contribution in [1.82, 2.24) is 4.57 Å². The van der Waals surface area contributed by atoms with Gasteiger partial charge in [0.05, 0.1) is 5.69 Å². The SMILES string of the molecule is CCCCc1c2n(c3ccc(Br)cc13)CCCC2=O. The average molecular weight is 320 g/mol. The molecular weight excluding hydrogens is 302 g/mol. The fourth-order valence-electron chi connectivity index (χ4n) is 3.07.